The maximum Gasteiger partial charge on any atom is 0.387 e. The molecule has 1 saturated carbocycles. The Kier molecular flexibility index (Phi) is 7.84. The van der Waals surface area contributed by atoms with Gasteiger partial charge in [-0.2, -0.15) is 8.78 Å². The molecule has 1 fully saturated rings. The maximum atomic E-state index is 12.6. The number of nitrogens with zero attached hydrogens (tertiary/aromatic N) is 2. The first-order valence-electron chi connectivity index (χ1n) is 11.3. The summed E-state index contributed by atoms with van der Waals surface area (Å²) in [6.07, 6.45) is 4.93. The van der Waals surface area contributed by atoms with Crippen LogP contribution in [0.15, 0.2) is 60.9 Å². The van der Waals surface area contributed by atoms with Gasteiger partial charge in [0.15, 0.2) is 0 Å². The zero-order valence-corrected chi connectivity index (χ0v) is 18.8. The topological polar surface area (TPSA) is 117 Å². The summed E-state index contributed by atoms with van der Waals surface area (Å²) in [4.78, 5) is 21.2. The van der Waals surface area contributed by atoms with Gasteiger partial charge in [-0.05, 0) is 54.7 Å². The molecule has 0 bridgehead atoms. The molecule has 3 aromatic rings. The number of aliphatic hydroxyl groups is 2. The molecule has 0 saturated heterocycles. The van der Waals surface area contributed by atoms with E-state index >= 15 is 0 Å². The van der Waals surface area contributed by atoms with Gasteiger partial charge in [-0.15, -0.1) is 0 Å². The van der Waals surface area contributed by atoms with Crippen molar-refractivity contribution in [3.63, 3.8) is 0 Å². The SMILES string of the molecule is O=C(N[C@@H]1CCC[C@H]1O)[C@@H](CO)c1ccc(Nc2ncc(-c3ccc(OC(F)F)cc3)cn2)cc1. The van der Waals surface area contributed by atoms with Crippen molar-refractivity contribution in [3.05, 3.63) is 66.5 Å². The lowest BCUT2D eigenvalue weighted by Crippen LogP contribution is -2.43. The van der Waals surface area contributed by atoms with E-state index in [1.807, 2.05) is 0 Å². The number of alkyl halides is 2. The van der Waals surface area contributed by atoms with Gasteiger partial charge in [0, 0.05) is 23.6 Å². The zero-order chi connectivity index (χ0) is 24.8. The van der Waals surface area contributed by atoms with Crippen LogP contribution in [0.5, 0.6) is 5.75 Å². The highest BCUT2D eigenvalue weighted by atomic mass is 19.3. The fourth-order valence-corrected chi connectivity index (χ4v) is 4.03. The number of nitrogens with one attached hydrogen (secondary N) is 2. The summed E-state index contributed by atoms with van der Waals surface area (Å²) in [5.74, 6) is -0.619. The Morgan fingerprint density at radius 1 is 1.03 bits per heavy atom. The second-order valence-corrected chi connectivity index (χ2v) is 8.29. The third-order valence-corrected chi connectivity index (χ3v) is 5.94. The van der Waals surface area contributed by atoms with Crippen LogP contribution in [0, 0.1) is 0 Å². The summed E-state index contributed by atoms with van der Waals surface area (Å²) in [6, 6.07) is 12.9. The monoisotopic (exact) mass is 484 g/mol. The molecule has 2 aromatic carbocycles. The zero-order valence-electron chi connectivity index (χ0n) is 18.8. The molecule has 1 amide bonds. The minimum Gasteiger partial charge on any atom is -0.435 e. The van der Waals surface area contributed by atoms with E-state index < -0.39 is 18.6 Å². The summed E-state index contributed by atoms with van der Waals surface area (Å²) in [6.45, 7) is -3.22. The molecule has 1 aliphatic rings. The molecule has 10 heteroatoms. The number of rotatable bonds is 9. The van der Waals surface area contributed by atoms with Gasteiger partial charge in [0.1, 0.15) is 5.75 Å². The third kappa shape index (κ3) is 6.28. The van der Waals surface area contributed by atoms with E-state index in [-0.39, 0.29) is 24.3 Å². The van der Waals surface area contributed by atoms with Crippen LogP contribution >= 0.6 is 0 Å². The average Bonchev–Trinajstić information content (AvgIpc) is 3.25. The van der Waals surface area contributed by atoms with Gasteiger partial charge in [0.05, 0.1) is 24.7 Å². The molecule has 8 nitrogen and oxygen atoms in total. The first-order valence-corrected chi connectivity index (χ1v) is 11.3. The van der Waals surface area contributed by atoms with E-state index in [1.54, 1.807) is 48.8 Å². The number of aromatic nitrogens is 2. The number of ether oxygens (including phenoxy) is 1. The van der Waals surface area contributed by atoms with Crippen LogP contribution in [0.2, 0.25) is 0 Å². The van der Waals surface area contributed by atoms with Crippen molar-refractivity contribution in [1.82, 2.24) is 15.3 Å². The molecule has 0 aliphatic heterocycles. The van der Waals surface area contributed by atoms with Crippen molar-refractivity contribution in [2.45, 2.75) is 43.9 Å². The van der Waals surface area contributed by atoms with Crippen LogP contribution in [0.25, 0.3) is 11.1 Å². The van der Waals surface area contributed by atoms with Crippen LogP contribution in [0.1, 0.15) is 30.7 Å². The molecule has 35 heavy (non-hydrogen) atoms. The highest BCUT2D eigenvalue weighted by molar-refractivity contribution is 5.84. The molecule has 0 unspecified atom stereocenters. The molecule has 0 radical (unpaired) electrons. The van der Waals surface area contributed by atoms with Gasteiger partial charge < -0.3 is 25.6 Å². The average molecular weight is 485 g/mol. The van der Waals surface area contributed by atoms with Crippen LogP contribution < -0.4 is 15.4 Å². The van der Waals surface area contributed by atoms with Crippen LogP contribution in [0.3, 0.4) is 0 Å². The minimum atomic E-state index is -2.87. The van der Waals surface area contributed by atoms with Crippen molar-refractivity contribution < 1.29 is 28.5 Å². The predicted molar refractivity (Wildman–Crippen MR) is 125 cm³/mol. The van der Waals surface area contributed by atoms with Gasteiger partial charge in [0.2, 0.25) is 11.9 Å². The fraction of sp³-hybridized carbons (Fsp3) is 0.320. The normalized spacial score (nSPS) is 18.3. The highest BCUT2D eigenvalue weighted by Crippen LogP contribution is 2.25. The Morgan fingerprint density at radius 3 is 2.29 bits per heavy atom. The number of hydrogen-bond donors (Lipinski definition) is 4. The third-order valence-electron chi connectivity index (χ3n) is 5.94. The van der Waals surface area contributed by atoms with E-state index in [0.717, 1.165) is 18.4 Å². The lowest BCUT2D eigenvalue weighted by molar-refractivity contribution is -0.124. The van der Waals surface area contributed by atoms with Gasteiger partial charge >= 0.3 is 6.61 Å². The Bertz CT molecular complexity index is 1110. The molecule has 1 aliphatic carbocycles. The van der Waals surface area contributed by atoms with E-state index in [2.05, 4.69) is 25.3 Å². The van der Waals surface area contributed by atoms with Crippen molar-refractivity contribution >= 4 is 17.5 Å². The molecule has 3 atom stereocenters. The molecule has 1 heterocycles. The van der Waals surface area contributed by atoms with Crippen LogP contribution in [-0.4, -0.2) is 51.5 Å². The van der Waals surface area contributed by atoms with E-state index in [4.69, 9.17) is 0 Å². The van der Waals surface area contributed by atoms with Gasteiger partial charge in [-0.1, -0.05) is 24.3 Å². The van der Waals surface area contributed by atoms with Crippen molar-refractivity contribution in [3.8, 4) is 16.9 Å². The highest BCUT2D eigenvalue weighted by Gasteiger charge is 2.29. The molecule has 4 rings (SSSR count). The number of benzene rings is 2. The number of anilines is 2. The quantitative estimate of drug-likeness (QED) is 0.367. The molecule has 0 spiro atoms. The molecular weight excluding hydrogens is 458 g/mol. The number of amides is 1. The molecule has 1 aromatic heterocycles. The minimum absolute atomic E-state index is 0.0726. The standard InChI is InChI=1S/C25H26F2N4O4/c26-24(27)35-19-10-6-15(7-11-19)17-12-28-25(29-13-17)30-18-8-4-16(5-9-18)20(14-32)23(34)31-21-2-1-3-22(21)33/h4-13,20-22,24,32-33H,1-3,14H2,(H,31,34)(H,28,29,30)/t20-,21+,22+/m0/s1. The largest absolute Gasteiger partial charge is 0.435 e. The smallest absolute Gasteiger partial charge is 0.387 e. The number of carbonyl (C=O) groups is 1. The summed E-state index contributed by atoms with van der Waals surface area (Å²) >= 11 is 0. The van der Waals surface area contributed by atoms with E-state index in [9.17, 15) is 23.8 Å². The number of carbonyl (C=O) groups excluding carboxylic acids is 1. The van der Waals surface area contributed by atoms with Crippen molar-refractivity contribution in [1.29, 1.82) is 0 Å². The Morgan fingerprint density at radius 2 is 1.71 bits per heavy atom. The van der Waals surface area contributed by atoms with Gasteiger partial charge in [-0.25, -0.2) is 9.97 Å². The van der Waals surface area contributed by atoms with Gasteiger partial charge in [-0.3, -0.25) is 4.79 Å². The Balaban J connectivity index is 1.36. The number of halogens is 2. The second-order valence-electron chi connectivity index (χ2n) is 8.29. The Labute approximate surface area is 201 Å². The summed E-state index contributed by atoms with van der Waals surface area (Å²) in [7, 11) is 0. The predicted octanol–water partition coefficient (Wildman–Crippen LogP) is 3.59. The lowest BCUT2D eigenvalue weighted by atomic mass is 9.98. The first-order chi connectivity index (χ1) is 16.9. The van der Waals surface area contributed by atoms with E-state index in [0.29, 0.717) is 29.2 Å². The first kappa shape index (κ1) is 24.5. The fourth-order valence-electron chi connectivity index (χ4n) is 4.03. The summed E-state index contributed by atoms with van der Waals surface area (Å²) in [5, 5.41) is 25.6. The van der Waals surface area contributed by atoms with Crippen LogP contribution in [-0.2, 0) is 4.79 Å². The summed E-state index contributed by atoms with van der Waals surface area (Å²) < 4.78 is 28.9. The maximum absolute atomic E-state index is 12.6. The molecular formula is C25H26F2N4O4. The second kappa shape index (κ2) is 11.2. The molecule has 184 valence electrons. The van der Waals surface area contributed by atoms with Crippen molar-refractivity contribution in [2.75, 3.05) is 11.9 Å². The van der Waals surface area contributed by atoms with Crippen molar-refractivity contribution in [2.24, 2.45) is 0 Å². The summed E-state index contributed by atoms with van der Waals surface area (Å²) in [5.41, 5.74) is 2.80. The van der Waals surface area contributed by atoms with E-state index in [1.165, 1.54) is 12.1 Å². The molecule has 4 N–H and O–H groups in total. The number of hydrogen-bond acceptors (Lipinski definition) is 7. The Hall–Kier alpha value is -3.63. The van der Waals surface area contributed by atoms with Crippen LogP contribution in [0.4, 0.5) is 20.4 Å². The van der Waals surface area contributed by atoms with Gasteiger partial charge in [0.25, 0.3) is 0 Å². The number of aliphatic hydroxyl groups excluding tert-OH is 2. The lowest BCUT2D eigenvalue weighted by Gasteiger charge is -2.21.